The number of carboxylic acids is 1. The standard InChI is InChI=1S/C15H15NO4/c1-2-19-13-4-3-9-16-15(13)20-12-7-5-11(6-8-12)10-14(17)18/h3-9H,2,10H2,1H3,(H,17,18). The van der Waals surface area contributed by atoms with E-state index in [0.29, 0.717) is 24.0 Å². The summed E-state index contributed by atoms with van der Waals surface area (Å²) >= 11 is 0. The van der Waals surface area contributed by atoms with E-state index in [1.165, 1.54) is 0 Å². The summed E-state index contributed by atoms with van der Waals surface area (Å²) in [5, 5.41) is 8.71. The van der Waals surface area contributed by atoms with Gasteiger partial charge in [-0.1, -0.05) is 12.1 Å². The molecule has 1 aromatic heterocycles. The van der Waals surface area contributed by atoms with Crippen molar-refractivity contribution in [3.63, 3.8) is 0 Å². The third-order valence-corrected chi connectivity index (χ3v) is 2.53. The molecule has 0 spiro atoms. The summed E-state index contributed by atoms with van der Waals surface area (Å²) in [7, 11) is 0. The van der Waals surface area contributed by atoms with Gasteiger partial charge in [0.05, 0.1) is 13.0 Å². The number of hydrogen-bond acceptors (Lipinski definition) is 4. The summed E-state index contributed by atoms with van der Waals surface area (Å²) in [5.41, 5.74) is 0.718. The van der Waals surface area contributed by atoms with Crippen molar-refractivity contribution in [1.29, 1.82) is 0 Å². The normalized spacial score (nSPS) is 10.1. The molecule has 2 rings (SSSR count). The Morgan fingerprint density at radius 1 is 1.25 bits per heavy atom. The molecule has 0 bridgehead atoms. The van der Waals surface area contributed by atoms with Gasteiger partial charge in [0.25, 0.3) is 5.88 Å². The van der Waals surface area contributed by atoms with E-state index in [9.17, 15) is 4.79 Å². The van der Waals surface area contributed by atoms with Crippen LogP contribution in [0.4, 0.5) is 0 Å². The fourth-order valence-corrected chi connectivity index (χ4v) is 1.68. The Bertz CT molecular complexity index is 581. The van der Waals surface area contributed by atoms with E-state index in [1.54, 1.807) is 42.6 Å². The van der Waals surface area contributed by atoms with Crippen LogP contribution in [0, 0.1) is 0 Å². The minimum Gasteiger partial charge on any atom is -0.488 e. The molecule has 5 nitrogen and oxygen atoms in total. The van der Waals surface area contributed by atoms with Crippen LogP contribution < -0.4 is 9.47 Å². The highest BCUT2D eigenvalue weighted by atomic mass is 16.5. The maximum Gasteiger partial charge on any atom is 0.307 e. The Morgan fingerprint density at radius 2 is 2.00 bits per heavy atom. The Kier molecular flexibility index (Phi) is 4.55. The molecule has 0 amide bonds. The van der Waals surface area contributed by atoms with Crippen molar-refractivity contribution in [2.45, 2.75) is 13.3 Å². The van der Waals surface area contributed by atoms with Gasteiger partial charge in [-0.2, -0.15) is 0 Å². The molecule has 0 aliphatic rings. The molecule has 0 saturated heterocycles. The number of benzene rings is 1. The van der Waals surface area contributed by atoms with E-state index >= 15 is 0 Å². The fourth-order valence-electron chi connectivity index (χ4n) is 1.68. The Balaban J connectivity index is 2.12. The van der Waals surface area contributed by atoms with E-state index in [2.05, 4.69) is 4.98 Å². The van der Waals surface area contributed by atoms with Crippen LogP contribution in [0.1, 0.15) is 12.5 Å². The molecule has 0 aliphatic carbocycles. The molecular weight excluding hydrogens is 258 g/mol. The van der Waals surface area contributed by atoms with E-state index in [0.717, 1.165) is 5.56 Å². The molecule has 0 fully saturated rings. The SMILES string of the molecule is CCOc1cccnc1Oc1ccc(CC(=O)O)cc1. The number of carboxylic acid groups (broad SMARTS) is 1. The summed E-state index contributed by atoms with van der Waals surface area (Å²) in [5.74, 6) is 0.686. The monoisotopic (exact) mass is 273 g/mol. The van der Waals surface area contributed by atoms with Crippen LogP contribution >= 0.6 is 0 Å². The molecule has 0 aliphatic heterocycles. The molecule has 5 heteroatoms. The highest BCUT2D eigenvalue weighted by molar-refractivity contribution is 5.70. The average Bonchev–Trinajstić information content (AvgIpc) is 2.43. The quantitative estimate of drug-likeness (QED) is 0.876. The van der Waals surface area contributed by atoms with Crippen molar-refractivity contribution in [1.82, 2.24) is 4.98 Å². The second-order valence-electron chi connectivity index (χ2n) is 4.06. The van der Waals surface area contributed by atoms with Crippen LogP contribution in [0.2, 0.25) is 0 Å². The predicted molar refractivity (Wildman–Crippen MR) is 73.3 cm³/mol. The minimum atomic E-state index is -0.859. The maximum atomic E-state index is 10.6. The molecule has 0 unspecified atom stereocenters. The fraction of sp³-hybridized carbons (Fsp3) is 0.200. The van der Waals surface area contributed by atoms with E-state index in [-0.39, 0.29) is 6.42 Å². The van der Waals surface area contributed by atoms with E-state index in [1.807, 2.05) is 6.92 Å². The van der Waals surface area contributed by atoms with Gasteiger partial charge in [-0.15, -0.1) is 0 Å². The summed E-state index contributed by atoms with van der Waals surface area (Å²) in [6, 6.07) is 10.4. The van der Waals surface area contributed by atoms with Crippen molar-refractivity contribution < 1.29 is 19.4 Å². The van der Waals surface area contributed by atoms with Crippen LogP contribution in [0.3, 0.4) is 0 Å². The van der Waals surface area contributed by atoms with Crippen LogP contribution in [0.5, 0.6) is 17.4 Å². The number of aromatic nitrogens is 1. The van der Waals surface area contributed by atoms with Crippen LogP contribution in [0.25, 0.3) is 0 Å². The molecule has 2 aromatic rings. The molecule has 1 aromatic carbocycles. The highest BCUT2D eigenvalue weighted by Crippen LogP contribution is 2.28. The lowest BCUT2D eigenvalue weighted by Gasteiger charge is -2.10. The Labute approximate surface area is 116 Å². The topological polar surface area (TPSA) is 68.7 Å². The van der Waals surface area contributed by atoms with Gasteiger partial charge in [0, 0.05) is 6.20 Å². The van der Waals surface area contributed by atoms with E-state index in [4.69, 9.17) is 14.6 Å². The first kappa shape index (κ1) is 13.9. The van der Waals surface area contributed by atoms with Gasteiger partial charge >= 0.3 is 5.97 Å². The zero-order valence-electron chi connectivity index (χ0n) is 11.1. The zero-order chi connectivity index (χ0) is 14.4. The Morgan fingerprint density at radius 3 is 2.65 bits per heavy atom. The first-order valence-electron chi connectivity index (χ1n) is 6.25. The van der Waals surface area contributed by atoms with Crippen LogP contribution in [-0.4, -0.2) is 22.7 Å². The van der Waals surface area contributed by atoms with Crippen molar-refractivity contribution in [2.24, 2.45) is 0 Å². The van der Waals surface area contributed by atoms with Crippen molar-refractivity contribution >= 4 is 5.97 Å². The maximum absolute atomic E-state index is 10.6. The number of rotatable bonds is 6. The minimum absolute atomic E-state index is 0.00589. The third kappa shape index (κ3) is 3.71. The number of hydrogen-bond donors (Lipinski definition) is 1. The third-order valence-electron chi connectivity index (χ3n) is 2.53. The molecule has 0 radical (unpaired) electrons. The van der Waals surface area contributed by atoms with Crippen molar-refractivity contribution in [2.75, 3.05) is 6.61 Å². The smallest absolute Gasteiger partial charge is 0.307 e. The molecule has 1 N–H and O–H groups in total. The van der Waals surface area contributed by atoms with Gasteiger partial charge in [0.2, 0.25) is 0 Å². The molecule has 20 heavy (non-hydrogen) atoms. The summed E-state index contributed by atoms with van der Waals surface area (Å²) in [6.45, 7) is 2.41. The molecule has 0 saturated carbocycles. The molecule has 104 valence electrons. The Hall–Kier alpha value is -2.56. The summed E-state index contributed by atoms with van der Waals surface area (Å²) in [6.07, 6.45) is 1.62. The predicted octanol–water partition coefficient (Wildman–Crippen LogP) is 2.90. The van der Waals surface area contributed by atoms with Crippen molar-refractivity contribution in [3.05, 3.63) is 48.2 Å². The lowest BCUT2D eigenvalue weighted by molar-refractivity contribution is -0.136. The number of pyridine rings is 1. The van der Waals surface area contributed by atoms with Gasteiger partial charge in [-0.05, 0) is 36.8 Å². The number of nitrogens with zero attached hydrogens (tertiary/aromatic N) is 1. The van der Waals surface area contributed by atoms with Gasteiger partial charge in [-0.3, -0.25) is 4.79 Å². The zero-order valence-corrected chi connectivity index (χ0v) is 11.1. The van der Waals surface area contributed by atoms with Gasteiger partial charge < -0.3 is 14.6 Å². The van der Waals surface area contributed by atoms with Gasteiger partial charge in [-0.25, -0.2) is 4.98 Å². The summed E-state index contributed by atoms with van der Waals surface area (Å²) in [4.78, 5) is 14.7. The number of carbonyl (C=O) groups is 1. The summed E-state index contributed by atoms with van der Waals surface area (Å²) < 4.78 is 11.1. The number of ether oxygens (including phenoxy) is 2. The van der Waals surface area contributed by atoms with E-state index < -0.39 is 5.97 Å². The number of aliphatic carboxylic acids is 1. The van der Waals surface area contributed by atoms with Crippen LogP contribution in [-0.2, 0) is 11.2 Å². The molecule has 1 heterocycles. The lowest BCUT2D eigenvalue weighted by Crippen LogP contribution is -2.00. The average molecular weight is 273 g/mol. The molecular formula is C15H15NO4. The second-order valence-corrected chi connectivity index (χ2v) is 4.06. The first-order valence-corrected chi connectivity index (χ1v) is 6.25. The molecule has 0 atom stereocenters. The highest BCUT2D eigenvalue weighted by Gasteiger charge is 2.07. The second kappa shape index (κ2) is 6.56. The largest absolute Gasteiger partial charge is 0.488 e. The van der Waals surface area contributed by atoms with Crippen LogP contribution in [0.15, 0.2) is 42.6 Å². The van der Waals surface area contributed by atoms with Crippen molar-refractivity contribution in [3.8, 4) is 17.4 Å². The van der Waals surface area contributed by atoms with Gasteiger partial charge in [0.1, 0.15) is 5.75 Å². The first-order chi connectivity index (χ1) is 9.69. The lowest BCUT2D eigenvalue weighted by atomic mass is 10.1. The van der Waals surface area contributed by atoms with Gasteiger partial charge in [0.15, 0.2) is 5.75 Å².